The molecular weight excluding hydrogens is 479 g/mol. The third kappa shape index (κ3) is 4.79. The Morgan fingerprint density at radius 1 is 1.09 bits per heavy atom. The van der Waals surface area contributed by atoms with Crippen LogP contribution in [0.3, 0.4) is 0 Å². The molecule has 1 aliphatic heterocycles. The van der Waals surface area contributed by atoms with E-state index in [4.69, 9.17) is 32.7 Å². The Hall–Kier alpha value is -2.59. The molecule has 0 spiro atoms. The molecule has 0 bridgehead atoms. The number of ether oxygens (including phenoxy) is 2. The molecule has 9 nitrogen and oxygen atoms in total. The molecule has 1 fully saturated rings. The highest BCUT2D eigenvalue weighted by atomic mass is 35.5. The molecule has 182 valence electrons. The van der Waals surface area contributed by atoms with E-state index < -0.39 is 0 Å². The van der Waals surface area contributed by atoms with Crippen molar-refractivity contribution in [2.24, 2.45) is 0 Å². The number of aryl methyl sites for hydroxylation is 1. The number of hydrogen-bond acceptors (Lipinski definition) is 8. The first-order valence-electron chi connectivity index (χ1n) is 11.1. The first kappa shape index (κ1) is 24.5. The van der Waals surface area contributed by atoms with Crippen molar-refractivity contribution in [2.45, 2.75) is 13.0 Å². The SMILES string of the molecule is CNc1ncc2cc(-c3c(Cl)c(OC)cc(OC)c3Cl)c(=O)n(CCCN3CCNCC3)c2n1. The van der Waals surface area contributed by atoms with Crippen LogP contribution in [-0.2, 0) is 6.54 Å². The van der Waals surface area contributed by atoms with Gasteiger partial charge in [-0.05, 0) is 19.0 Å². The summed E-state index contributed by atoms with van der Waals surface area (Å²) >= 11 is 13.3. The number of nitrogens with one attached hydrogen (secondary N) is 2. The van der Waals surface area contributed by atoms with Crippen LogP contribution in [-0.4, -0.2) is 73.4 Å². The zero-order valence-electron chi connectivity index (χ0n) is 19.5. The van der Waals surface area contributed by atoms with Crippen molar-refractivity contribution in [3.05, 3.63) is 38.7 Å². The lowest BCUT2D eigenvalue weighted by atomic mass is 10.0. The minimum atomic E-state index is -0.243. The zero-order valence-corrected chi connectivity index (χ0v) is 21.0. The van der Waals surface area contributed by atoms with E-state index in [1.807, 2.05) is 0 Å². The van der Waals surface area contributed by atoms with Crippen LogP contribution in [0.5, 0.6) is 11.5 Å². The summed E-state index contributed by atoms with van der Waals surface area (Å²) in [6, 6.07) is 3.32. The Bertz CT molecular complexity index is 1220. The van der Waals surface area contributed by atoms with Gasteiger partial charge in [0.05, 0.1) is 29.8 Å². The average Bonchev–Trinajstić information content (AvgIpc) is 2.86. The fourth-order valence-electron chi connectivity index (χ4n) is 4.18. The van der Waals surface area contributed by atoms with Crippen LogP contribution in [0.4, 0.5) is 5.95 Å². The summed E-state index contributed by atoms with van der Waals surface area (Å²) < 4.78 is 12.5. The predicted octanol–water partition coefficient (Wildman–Crippen LogP) is 3.12. The van der Waals surface area contributed by atoms with E-state index in [0.29, 0.717) is 46.2 Å². The number of halogens is 2. The van der Waals surface area contributed by atoms with E-state index in [1.165, 1.54) is 14.2 Å². The van der Waals surface area contributed by atoms with Crippen molar-refractivity contribution in [1.82, 2.24) is 24.8 Å². The van der Waals surface area contributed by atoms with Gasteiger partial charge >= 0.3 is 0 Å². The van der Waals surface area contributed by atoms with Gasteiger partial charge in [-0.2, -0.15) is 4.98 Å². The van der Waals surface area contributed by atoms with Crippen molar-refractivity contribution in [2.75, 3.05) is 59.3 Å². The fraction of sp³-hybridized carbons (Fsp3) is 0.435. The van der Waals surface area contributed by atoms with E-state index in [-0.39, 0.29) is 15.6 Å². The van der Waals surface area contributed by atoms with Crippen LogP contribution in [0.2, 0.25) is 10.0 Å². The number of fused-ring (bicyclic) bond motifs is 1. The van der Waals surface area contributed by atoms with Crippen LogP contribution in [0, 0.1) is 0 Å². The molecule has 2 aromatic heterocycles. The normalized spacial score (nSPS) is 14.4. The maximum absolute atomic E-state index is 13.8. The molecule has 0 saturated carbocycles. The highest BCUT2D eigenvalue weighted by molar-refractivity contribution is 6.41. The van der Waals surface area contributed by atoms with E-state index in [9.17, 15) is 4.79 Å². The summed E-state index contributed by atoms with van der Waals surface area (Å²) in [5.41, 5.74) is 1.01. The number of benzene rings is 1. The Morgan fingerprint density at radius 2 is 1.76 bits per heavy atom. The molecule has 0 atom stereocenters. The summed E-state index contributed by atoms with van der Waals surface area (Å²) in [5.74, 6) is 1.17. The second-order valence-corrected chi connectivity index (χ2v) is 8.72. The molecule has 34 heavy (non-hydrogen) atoms. The summed E-state index contributed by atoms with van der Waals surface area (Å²) in [7, 11) is 4.74. The first-order valence-corrected chi connectivity index (χ1v) is 11.9. The van der Waals surface area contributed by atoms with Crippen LogP contribution in [0.25, 0.3) is 22.2 Å². The monoisotopic (exact) mass is 506 g/mol. The predicted molar refractivity (Wildman–Crippen MR) is 136 cm³/mol. The highest BCUT2D eigenvalue weighted by Crippen LogP contribution is 2.45. The van der Waals surface area contributed by atoms with Gasteiger partial charge in [0.15, 0.2) is 0 Å². The second kappa shape index (κ2) is 10.8. The Balaban J connectivity index is 1.84. The lowest BCUT2D eigenvalue weighted by Crippen LogP contribution is -2.44. The number of anilines is 1. The smallest absolute Gasteiger partial charge is 0.260 e. The Labute approximate surface area is 208 Å². The molecule has 0 aliphatic carbocycles. The molecule has 2 N–H and O–H groups in total. The van der Waals surface area contributed by atoms with E-state index in [1.54, 1.807) is 29.9 Å². The summed E-state index contributed by atoms with van der Waals surface area (Å²) in [4.78, 5) is 25.1. The summed E-state index contributed by atoms with van der Waals surface area (Å²) in [5, 5.41) is 7.48. The van der Waals surface area contributed by atoms with Gasteiger partial charge in [0, 0.05) is 63.0 Å². The molecule has 1 saturated heterocycles. The lowest BCUT2D eigenvalue weighted by Gasteiger charge is -2.27. The molecule has 11 heteroatoms. The summed E-state index contributed by atoms with van der Waals surface area (Å²) in [6.07, 6.45) is 2.48. The molecule has 0 amide bonds. The number of piperazine rings is 1. The maximum Gasteiger partial charge on any atom is 0.260 e. The van der Waals surface area contributed by atoms with Gasteiger partial charge in [0.1, 0.15) is 17.1 Å². The van der Waals surface area contributed by atoms with E-state index >= 15 is 0 Å². The van der Waals surface area contributed by atoms with Crippen molar-refractivity contribution in [3.63, 3.8) is 0 Å². The Kier molecular flexibility index (Phi) is 7.77. The van der Waals surface area contributed by atoms with Gasteiger partial charge in [-0.3, -0.25) is 9.36 Å². The van der Waals surface area contributed by atoms with Crippen molar-refractivity contribution >= 4 is 40.2 Å². The van der Waals surface area contributed by atoms with Gasteiger partial charge in [-0.15, -0.1) is 0 Å². The topological polar surface area (TPSA) is 93.5 Å². The van der Waals surface area contributed by atoms with E-state index in [2.05, 4.69) is 25.5 Å². The van der Waals surface area contributed by atoms with Gasteiger partial charge in [-0.25, -0.2) is 4.98 Å². The third-order valence-corrected chi connectivity index (χ3v) is 6.71. The lowest BCUT2D eigenvalue weighted by molar-refractivity contribution is 0.234. The first-order chi connectivity index (χ1) is 16.5. The number of rotatable bonds is 8. The third-order valence-electron chi connectivity index (χ3n) is 5.96. The summed E-state index contributed by atoms with van der Waals surface area (Å²) in [6.45, 7) is 5.33. The van der Waals surface area contributed by atoms with Gasteiger partial charge in [-0.1, -0.05) is 23.2 Å². The fourth-order valence-corrected chi connectivity index (χ4v) is 4.88. The number of aromatic nitrogens is 3. The van der Waals surface area contributed by atoms with Crippen LogP contribution in [0.1, 0.15) is 6.42 Å². The minimum Gasteiger partial charge on any atom is -0.495 e. The van der Waals surface area contributed by atoms with Gasteiger partial charge in [0.2, 0.25) is 5.95 Å². The molecule has 1 aromatic carbocycles. The quantitative estimate of drug-likeness (QED) is 0.481. The minimum absolute atomic E-state index is 0.241. The molecule has 4 rings (SSSR count). The number of pyridine rings is 1. The molecule has 1 aliphatic rings. The van der Waals surface area contributed by atoms with Crippen molar-refractivity contribution in [3.8, 4) is 22.6 Å². The molecule has 0 radical (unpaired) electrons. The second-order valence-electron chi connectivity index (χ2n) is 7.97. The zero-order chi connectivity index (χ0) is 24.2. The highest BCUT2D eigenvalue weighted by Gasteiger charge is 2.23. The van der Waals surface area contributed by atoms with E-state index in [0.717, 1.165) is 39.1 Å². The molecule has 0 unspecified atom stereocenters. The largest absolute Gasteiger partial charge is 0.495 e. The van der Waals surface area contributed by atoms with Crippen LogP contribution < -0.4 is 25.7 Å². The standard InChI is InChI=1S/C23H28Cl2N6O3/c1-26-23-28-13-14-11-15(18-19(24)16(33-2)12-17(34-3)20(18)25)22(32)31(21(14)29-23)8-4-7-30-9-5-27-6-10-30/h11-13,27H,4-10H2,1-3H3,(H,26,28,29). The van der Waals surface area contributed by atoms with Crippen molar-refractivity contribution in [1.29, 1.82) is 0 Å². The number of hydrogen-bond donors (Lipinski definition) is 2. The van der Waals surface area contributed by atoms with Gasteiger partial charge < -0.3 is 25.0 Å². The maximum atomic E-state index is 13.8. The van der Waals surface area contributed by atoms with Crippen LogP contribution in [0.15, 0.2) is 23.1 Å². The number of methoxy groups -OCH3 is 2. The van der Waals surface area contributed by atoms with Crippen LogP contribution >= 0.6 is 23.2 Å². The molecule has 3 aromatic rings. The van der Waals surface area contributed by atoms with Crippen molar-refractivity contribution < 1.29 is 9.47 Å². The number of nitrogens with zero attached hydrogens (tertiary/aromatic N) is 4. The molecule has 3 heterocycles. The average molecular weight is 507 g/mol. The Morgan fingerprint density at radius 3 is 2.38 bits per heavy atom. The van der Waals surface area contributed by atoms with Gasteiger partial charge in [0.25, 0.3) is 5.56 Å². The molecular formula is C23H28Cl2N6O3.